The Morgan fingerprint density at radius 3 is 2.73 bits per heavy atom. The minimum absolute atomic E-state index is 0.243. The van der Waals surface area contributed by atoms with Gasteiger partial charge in [-0.05, 0) is 53.4 Å². The van der Waals surface area contributed by atoms with Gasteiger partial charge in [0.05, 0.1) is 11.9 Å². The summed E-state index contributed by atoms with van der Waals surface area (Å²) in [7, 11) is 0. The van der Waals surface area contributed by atoms with Gasteiger partial charge in [0.25, 0.3) is 11.8 Å². The Bertz CT molecular complexity index is 952. The van der Waals surface area contributed by atoms with Gasteiger partial charge in [0, 0.05) is 29.6 Å². The van der Waals surface area contributed by atoms with Gasteiger partial charge in [-0.2, -0.15) is 11.3 Å². The lowest BCUT2D eigenvalue weighted by molar-refractivity contribution is 0.0946. The Morgan fingerprint density at radius 1 is 1.08 bits per heavy atom. The Kier molecular flexibility index (Phi) is 4.45. The van der Waals surface area contributed by atoms with Crippen molar-refractivity contribution in [3.8, 4) is 11.1 Å². The van der Waals surface area contributed by atoms with Crippen LogP contribution in [-0.4, -0.2) is 27.8 Å². The summed E-state index contributed by atoms with van der Waals surface area (Å²) in [5.74, 6) is -0.555. The summed E-state index contributed by atoms with van der Waals surface area (Å²) in [6, 6.07) is 7.20. The first-order valence-electron chi connectivity index (χ1n) is 8.25. The molecule has 6 nitrogen and oxygen atoms in total. The smallest absolute Gasteiger partial charge is 0.270 e. The number of anilines is 1. The monoisotopic (exact) mass is 364 g/mol. The second-order valence-electron chi connectivity index (χ2n) is 6.11. The number of nitrogens with one attached hydrogen (secondary N) is 2. The van der Waals surface area contributed by atoms with E-state index >= 15 is 0 Å². The highest BCUT2D eigenvalue weighted by atomic mass is 32.1. The highest BCUT2D eigenvalue weighted by molar-refractivity contribution is 7.08. The van der Waals surface area contributed by atoms with Crippen LogP contribution in [0.1, 0.15) is 33.7 Å². The lowest BCUT2D eigenvalue weighted by Gasteiger charge is -2.08. The summed E-state index contributed by atoms with van der Waals surface area (Å²) in [6.07, 6.45) is 6.82. The topological polar surface area (TPSA) is 84.0 Å². The predicted octanol–water partition coefficient (Wildman–Crippen LogP) is 3.35. The molecule has 0 radical (unpaired) electrons. The molecule has 26 heavy (non-hydrogen) atoms. The molecule has 0 saturated heterocycles. The van der Waals surface area contributed by atoms with Crippen molar-refractivity contribution in [3.05, 3.63) is 64.9 Å². The second kappa shape index (κ2) is 7.05. The van der Waals surface area contributed by atoms with E-state index in [9.17, 15) is 9.59 Å². The molecule has 7 heteroatoms. The van der Waals surface area contributed by atoms with Crippen molar-refractivity contribution in [2.75, 3.05) is 5.32 Å². The molecular formula is C19H16N4O2S. The lowest BCUT2D eigenvalue weighted by Crippen LogP contribution is -2.26. The SMILES string of the molecule is O=C(Nc1cncc(-c2ccsc2)c1)c1ccnc(C(=O)NC2CC2)c1. The molecule has 1 aliphatic rings. The Morgan fingerprint density at radius 2 is 1.96 bits per heavy atom. The Balaban J connectivity index is 1.49. The molecule has 0 aliphatic heterocycles. The Labute approximate surface area is 154 Å². The van der Waals surface area contributed by atoms with E-state index in [4.69, 9.17) is 0 Å². The fourth-order valence-corrected chi connectivity index (χ4v) is 3.15. The van der Waals surface area contributed by atoms with Gasteiger partial charge in [-0.3, -0.25) is 19.6 Å². The zero-order chi connectivity index (χ0) is 17.9. The third kappa shape index (κ3) is 3.78. The van der Waals surface area contributed by atoms with E-state index in [0.29, 0.717) is 11.3 Å². The standard InChI is InChI=1S/C19H16N4O2S/c24-18(12-3-5-21-17(8-12)19(25)22-15-1-2-15)23-16-7-14(9-20-10-16)13-4-6-26-11-13/h3-11,15H,1-2H2,(H,22,25)(H,23,24). The largest absolute Gasteiger partial charge is 0.348 e. The van der Waals surface area contributed by atoms with Crippen LogP contribution < -0.4 is 10.6 Å². The molecule has 0 unspecified atom stereocenters. The van der Waals surface area contributed by atoms with Crippen LogP contribution >= 0.6 is 11.3 Å². The van der Waals surface area contributed by atoms with Crippen molar-refractivity contribution in [1.29, 1.82) is 0 Å². The van der Waals surface area contributed by atoms with E-state index in [1.807, 2.05) is 22.9 Å². The number of thiophene rings is 1. The lowest BCUT2D eigenvalue weighted by atomic mass is 10.1. The van der Waals surface area contributed by atoms with Gasteiger partial charge in [0.2, 0.25) is 0 Å². The van der Waals surface area contributed by atoms with Gasteiger partial charge in [-0.25, -0.2) is 0 Å². The van der Waals surface area contributed by atoms with E-state index in [1.165, 1.54) is 12.3 Å². The maximum Gasteiger partial charge on any atom is 0.270 e. The van der Waals surface area contributed by atoms with Gasteiger partial charge < -0.3 is 10.6 Å². The van der Waals surface area contributed by atoms with Crippen molar-refractivity contribution < 1.29 is 9.59 Å². The van der Waals surface area contributed by atoms with Gasteiger partial charge in [-0.1, -0.05) is 0 Å². The number of amides is 2. The van der Waals surface area contributed by atoms with Crippen molar-refractivity contribution in [2.45, 2.75) is 18.9 Å². The van der Waals surface area contributed by atoms with Gasteiger partial charge in [-0.15, -0.1) is 0 Å². The maximum atomic E-state index is 12.5. The van der Waals surface area contributed by atoms with Crippen molar-refractivity contribution >= 4 is 28.8 Å². The quantitative estimate of drug-likeness (QED) is 0.727. The predicted molar refractivity (Wildman–Crippen MR) is 100 cm³/mol. The van der Waals surface area contributed by atoms with Crippen molar-refractivity contribution in [2.24, 2.45) is 0 Å². The molecular weight excluding hydrogens is 348 g/mol. The molecule has 3 heterocycles. The molecule has 3 aromatic heterocycles. The second-order valence-corrected chi connectivity index (χ2v) is 6.89. The minimum Gasteiger partial charge on any atom is -0.348 e. The molecule has 1 fully saturated rings. The number of nitrogens with zero attached hydrogens (tertiary/aromatic N) is 2. The fraction of sp³-hybridized carbons (Fsp3) is 0.158. The molecule has 1 aliphatic carbocycles. The number of hydrogen-bond acceptors (Lipinski definition) is 5. The van der Waals surface area contributed by atoms with Crippen LogP contribution in [0.25, 0.3) is 11.1 Å². The van der Waals surface area contributed by atoms with Crippen LogP contribution in [0.15, 0.2) is 53.6 Å². The number of pyridine rings is 2. The Hall–Kier alpha value is -3.06. The number of carbonyl (C=O) groups excluding carboxylic acids is 2. The molecule has 1 saturated carbocycles. The average molecular weight is 364 g/mol. The fourth-order valence-electron chi connectivity index (χ4n) is 2.48. The summed E-state index contributed by atoms with van der Waals surface area (Å²) in [5.41, 5.74) is 3.21. The third-order valence-corrected chi connectivity index (χ3v) is 4.70. The number of rotatable bonds is 5. The summed E-state index contributed by atoms with van der Waals surface area (Å²) in [6.45, 7) is 0. The molecule has 2 amide bonds. The first-order valence-corrected chi connectivity index (χ1v) is 9.19. The summed E-state index contributed by atoms with van der Waals surface area (Å²) in [4.78, 5) is 32.9. The van der Waals surface area contributed by atoms with Crippen LogP contribution in [0.2, 0.25) is 0 Å². The molecule has 4 rings (SSSR count). The zero-order valence-corrected chi connectivity index (χ0v) is 14.6. The van der Waals surface area contributed by atoms with Gasteiger partial charge in [0.1, 0.15) is 5.69 Å². The van der Waals surface area contributed by atoms with E-state index in [2.05, 4.69) is 20.6 Å². The summed E-state index contributed by atoms with van der Waals surface area (Å²) >= 11 is 1.60. The molecule has 0 spiro atoms. The molecule has 0 atom stereocenters. The molecule has 0 bridgehead atoms. The third-order valence-electron chi connectivity index (χ3n) is 4.02. The molecule has 0 aromatic carbocycles. The molecule has 3 aromatic rings. The molecule has 130 valence electrons. The number of carbonyl (C=O) groups is 2. The average Bonchev–Trinajstić information content (AvgIpc) is 3.30. The normalized spacial score (nSPS) is 13.2. The van der Waals surface area contributed by atoms with Crippen LogP contribution in [0.4, 0.5) is 5.69 Å². The number of hydrogen-bond donors (Lipinski definition) is 2. The molecule has 2 N–H and O–H groups in total. The highest BCUT2D eigenvalue weighted by Crippen LogP contribution is 2.24. The van der Waals surface area contributed by atoms with E-state index in [1.54, 1.807) is 29.8 Å². The minimum atomic E-state index is -0.308. The van der Waals surface area contributed by atoms with Crippen LogP contribution in [-0.2, 0) is 0 Å². The highest BCUT2D eigenvalue weighted by Gasteiger charge is 2.24. The van der Waals surface area contributed by atoms with E-state index in [-0.39, 0.29) is 23.6 Å². The van der Waals surface area contributed by atoms with E-state index in [0.717, 1.165) is 24.0 Å². The summed E-state index contributed by atoms with van der Waals surface area (Å²) < 4.78 is 0. The van der Waals surface area contributed by atoms with Crippen molar-refractivity contribution in [1.82, 2.24) is 15.3 Å². The van der Waals surface area contributed by atoms with Gasteiger partial charge in [0.15, 0.2) is 0 Å². The van der Waals surface area contributed by atoms with E-state index < -0.39 is 0 Å². The first kappa shape index (κ1) is 16.4. The van der Waals surface area contributed by atoms with Crippen LogP contribution in [0, 0.1) is 0 Å². The first-order chi connectivity index (χ1) is 12.7. The zero-order valence-electron chi connectivity index (χ0n) is 13.8. The maximum absolute atomic E-state index is 12.5. The van der Waals surface area contributed by atoms with Crippen molar-refractivity contribution in [3.63, 3.8) is 0 Å². The van der Waals surface area contributed by atoms with Crippen LogP contribution in [0.5, 0.6) is 0 Å². The van der Waals surface area contributed by atoms with Gasteiger partial charge >= 0.3 is 0 Å². The number of aromatic nitrogens is 2. The van der Waals surface area contributed by atoms with Crippen LogP contribution in [0.3, 0.4) is 0 Å². The summed E-state index contributed by atoms with van der Waals surface area (Å²) in [5, 5.41) is 9.71.